The van der Waals surface area contributed by atoms with Crippen LogP contribution in [0.2, 0.25) is 0 Å². The summed E-state index contributed by atoms with van der Waals surface area (Å²) in [5.41, 5.74) is -0.661. The van der Waals surface area contributed by atoms with Crippen molar-refractivity contribution in [3.8, 4) is 0 Å². The van der Waals surface area contributed by atoms with Crippen LogP contribution in [0.5, 0.6) is 0 Å². The van der Waals surface area contributed by atoms with Crippen molar-refractivity contribution in [3.63, 3.8) is 0 Å². The molecule has 0 aromatic rings. The van der Waals surface area contributed by atoms with Crippen LogP contribution < -0.4 is 0 Å². The first-order valence-electron chi connectivity index (χ1n) is 5.97. The standard InChI is InChI=1S/C14H18O5/c1-4-19-13(17)8-6-11-5-7-12(16)14(9-11,18-3)10(2)15/h5-8,16H,4,9H2,1-3H3/b8-6+. The summed E-state index contributed by atoms with van der Waals surface area (Å²) in [7, 11) is 1.36. The van der Waals surface area contributed by atoms with Gasteiger partial charge in [0.25, 0.3) is 0 Å². The maximum atomic E-state index is 11.7. The maximum Gasteiger partial charge on any atom is 0.330 e. The highest BCUT2D eigenvalue weighted by atomic mass is 16.5. The minimum atomic E-state index is -1.36. The number of carbonyl (C=O) groups is 2. The SMILES string of the molecule is CCOC(=O)/C=C/C1=CC=C(O)C(OC)(C(C)=O)C1. The Morgan fingerprint density at radius 1 is 1.47 bits per heavy atom. The fourth-order valence-electron chi connectivity index (χ4n) is 1.86. The average Bonchev–Trinajstić information content (AvgIpc) is 2.38. The van der Waals surface area contributed by atoms with Crippen molar-refractivity contribution >= 4 is 11.8 Å². The Balaban J connectivity index is 2.90. The van der Waals surface area contributed by atoms with Gasteiger partial charge in [-0.15, -0.1) is 0 Å². The van der Waals surface area contributed by atoms with Crippen LogP contribution in [-0.2, 0) is 19.1 Å². The van der Waals surface area contributed by atoms with Crippen LogP contribution in [0.4, 0.5) is 0 Å². The number of esters is 1. The van der Waals surface area contributed by atoms with Crippen LogP contribution in [0, 0.1) is 0 Å². The van der Waals surface area contributed by atoms with E-state index in [0.717, 1.165) is 0 Å². The Morgan fingerprint density at radius 3 is 2.68 bits per heavy atom. The summed E-state index contributed by atoms with van der Waals surface area (Å²) in [5, 5.41) is 9.82. The Labute approximate surface area is 112 Å². The van der Waals surface area contributed by atoms with E-state index >= 15 is 0 Å². The number of hydrogen-bond acceptors (Lipinski definition) is 5. The van der Waals surface area contributed by atoms with E-state index in [0.29, 0.717) is 12.2 Å². The van der Waals surface area contributed by atoms with Gasteiger partial charge >= 0.3 is 5.97 Å². The Morgan fingerprint density at radius 2 is 2.16 bits per heavy atom. The summed E-state index contributed by atoms with van der Waals surface area (Å²) < 4.78 is 9.94. The average molecular weight is 266 g/mol. The molecule has 5 nitrogen and oxygen atoms in total. The quantitative estimate of drug-likeness (QED) is 0.607. The van der Waals surface area contributed by atoms with Gasteiger partial charge in [-0.25, -0.2) is 4.79 Å². The van der Waals surface area contributed by atoms with E-state index in [4.69, 9.17) is 9.47 Å². The smallest absolute Gasteiger partial charge is 0.330 e. The van der Waals surface area contributed by atoms with E-state index in [9.17, 15) is 14.7 Å². The molecule has 0 fully saturated rings. The van der Waals surface area contributed by atoms with Gasteiger partial charge in [0.2, 0.25) is 0 Å². The summed E-state index contributed by atoms with van der Waals surface area (Å²) >= 11 is 0. The molecule has 0 radical (unpaired) electrons. The summed E-state index contributed by atoms with van der Waals surface area (Å²) in [6.45, 7) is 3.38. The second kappa shape index (κ2) is 6.33. The fraction of sp³-hybridized carbons (Fsp3) is 0.429. The number of ether oxygens (including phenoxy) is 2. The Hall–Kier alpha value is -1.88. The van der Waals surface area contributed by atoms with Crippen LogP contribution in [0.25, 0.3) is 0 Å². The molecule has 0 bridgehead atoms. The van der Waals surface area contributed by atoms with Crippen molar-refractivity contribution in [2.45, 2.75) is 25.9 Å². The van der Waals surface area contributed by atoms with Gasteiger partial charge < -0.3 is 14.6 Å². The molecule has 0 heterocycles. The molecule has 1 atom stereocenters. The second-order valence-corrected chi connectivity index (χ2v) is 4.14. The van der Waals surface area contributed by atoms with Gasteiger partial charge in [0, 0.05) is 19.6 Å². The zero-order valence-corrected chi connectivity index (χ0v) is 11.3. The molecule has 1 unspecified atom stereocenters. The zero-order chi connectivity index (χ0) is 14.5. The first-order chi connectivity index (χ1) is 8.96. The van der Waals surface area contributed by atoms with E-state index < -0.39 is 11.6 Å². The number of aliphatic hydroxyl groups excluding tert-OH is 1. The van der Waals surface area contributed by atoms with Gasteiger partial charge in [0.1, 0.15) is 5.76 Å². The van der Waals surface area contributed by atoms with Crippen molar-refractivity contribution in [2.24, 2.45) is 0 Å². The lowest BCUT2D eigenvalue weighted by Crippen LogP contribution is -2.42. The number of rotatable bonds is 5. The maximum absolute atomic E-state index is 11.7. The largest absolute Gasteiger partial charge is 0.509 e. The molecule has 0 amide bonds. The van der Waals surface area contributed by atoms with Gasteiger partial charge in [-0.2, -0.15) is 0 Å². The highest BCUT2D eigenvalue weighted by Crippen LogP contribution is 2.32. The molecular weight excluding hydrogens is 248 g/mol. The van der Waals surface area contributed by atoms with Gasteiger partial charge in [0.15, 0.2) is 11.4 Å². The molecule has 1 rings (SSSR count). The summed E-state index contributed by atoms with van der Waals surface area (Å²) in [5.74, 6) is -0.873. The normalized spacial score (nSPS) is 22.9. The van der Waals surface area contributed by atoms with Gasteiger partial charge in [-0.3, -0.25) is 4.79 Å². The molecule has 1 N–H and O–H groups in total. The van der Waals surface area contributed by atoms with E-state index in [1.807, 2.05) is 0 Å². The molecular formula is C14H18O5. The van der Waals surface area contributed by atoms with E-state index in [1.165, 1.54) is 26.2 Å². The molecule has 0 aliphatic heterocycles. The minimum absolute atomic E-state index is 0.129. The number of Topliss-reactive ketones (excluding diaryl/α,β-unsaturated/α-hetero) is 1. The third-order valence-corrected chi connectivity index (χ3v) is 2.96. The highest BCUT2D eigenvalue weighted by Gasteiger charge is 2.41. The fourth-order valence-corrected chi connectivity index (χ4v) is 1.86. The zero-order valence-electron chi connectivity index (χ0n) is 11.3. The highest BCUT2D eigenvalue weighted by molar-refractivity contribution is 5.89. The van der Waals surface area contributed by atoms with Gasteiger partial charge in [-0.05, 0) is 25.5 Å². The Bertz CT molecular complexity index is 458. The lowest BCUT2D eigenvalue weighted by molar-refractivity contribution is -0.137. The van der Waals surface area contributed by atoms with Crippen molar-refractivity contribution < 1.29 is 24.2 Å². The first kappa shape index (κ1) is 15.2. The molecule has 5 heteroatoms. The number of carbonyl (C=O) groups excluding carboxylic acids is 2. The van der Waals surface area contributed by atoms with Crippen LogP contribution >= 0.6 is 0 Å². The van der Waals surface area contributed by atoms with Crippen molar-refractivity contribution in [3.05, 3.63) is 35.6 Å². The topological polar surface area (TPSA) is 72.8 Å². The third kappa shape index (κ3) is 3.32. The molecule has 0 saturated carbocycles. The number of aliphatic hydroxyl groups is 1. The van der Waals surface area contributed by atoms with Crippen LogP contribution in [0.3, 0.4) is 0 Å². The molecule has 19 heavy (non-hydrogen) atoms. The van der Waals surface area contributed by atoms with E-state index in [1.54, 1.807) is 19.1 Å². The summed E-state index contributed by atoms with van der Waals surface area (Å²) in [4.78, 5) is 22.9. The first-order valence-corrected chi connectivity index (χ1v) is 5.97. The van der Waals surface area contributed by atoms with Crippen molar-refractivity contribution in [1.29, 1.82) is 0 Å². The number of allylic oxidation sites excluding steroid dienone is 3. The number of hydrogen-bond donors (Lipinski definition) is 1. The van der Waals surface area contributed by atoms with Gasteiger partial charge in [-0.1, -0.05) is 12.2 Å². The molecule has 1 aliphatic rings. The second-order valence-electron chi connectivity index (χ2n) is 4.14. The lowest BCUT2D eigenvalue weighted by atomic mass is 9.84. The Kier molecular flexibility index (Phi) is 5.06. The minimum Gasteiger partial charge on any atom is -0.509 e. The van der Waals surface area contributed by atoms with Crippen LogP contribution in [0.15, 0.2) is 35.6 Å². The summed E-state index contributed by atoms with van der Waals surface area (Å²) in [6.07, 6.45) is 6.05. The number of ketones is 1. The van der Waals surface area contributed by atoms with E-state index in [2.05, 4.69) is 0 Å². The van der Waals surface area contributed by atoms with Crippen LogP contribution in [-0.4, -0.2) is 36.2 Å². The van der Waals surface area contributed by atoms with Gasteiger partial charge in [0.05, 0.1) is 6.61 Å². The van der Waals surface area contributed by atoms with E-state index in [-0.39, 0.29) is 18.0 Å². The molecule has 104 valence electrons. The monoisotopic (exact) mass is 266 g/mol. The summed E-state index contributed by atoms with van der Waals surface area (Å²) in [6, 6.07) is 0. The van der Waals surface area contributed by atoms with Crippen molar-refractivity contribution in [2.75, 3.05) is 13.7 Å². The lowest BCUT2D eigenvalue weighted by Gasteiger charge is -2.31. The molecule has 0 aromatic carbocycles. The van der Waals surface area contributed by atoms with Crippen LogP contribution in [0.1, 0.15) is 20.3 Å². The molecule has 0 spiro atoms. The predicted octanol–water partition coefficient (Wildman–Crippen LogP) is 1.85. The predicted molar refractivity (Wildman–Crippen MR) is 69.6 cm³/mol. The number of methoxy groups -OCH3 is 1. The third-order valence-electron chi connectivity index (χ3n) is 2.96. The molecule has 0 aromatic heterocycles. The van der Waals surface area contributed by atoms with Crippen molar-refractivity contribution in [1.82, 2.24) is 0 Å². The molecule has 1 aliphatic carbocycles. The molecule has 0 saturated heterocycles.